The third-order valence-electron chi connectivity index (χ3n) is 6.85. The van der Waals surface area contributed by atoms with Gasteiger partial charge in [-0.3, -0.25) is 24.6 Å². The van der Waals surface area contributed by atoms with Crippen molar-refractivity contribution in [2.24, 2.45) is 0 Å². The molecule has 0 saturated carbocycles. The second kappa shape index (κ2) is 9.25. The van der Waals surface area contributed by atoms with Gasteiger partial charge in [-0.1, -0.05) is 6.07 Å². The Hall–Kier alpha value is -3.38. The van der Waals surface area contributed by atoms with Crippen molar-refractivity contribution < 1.29 is 27.2 Å². The zero-order valence-electron chi connectivity index (χ0n) is 19.7. The van der Waals surface area contributed by atoms with Crippen molar-refractivity contribution in [3.8, 4) is 0 Å². The van der Waals surface area contributed by atoms with E-state index in [-0.39, 0.29) is 35.9 Å². The van der Waals surface area contributed by atoms with Crippen molar-refractivity contribution in [2.75, 3.05) is 37.3 Å². The monoisotopic (exact) mass is 515 g/mol. The summed E-state index contributed by atoms with van der Waals surface area (Å²) in [6.07, 6.45) is 1.54. The Bertz CT molecular complexity index is 1360. The molecule has 1 N–H and O–H groups in total. The van der Waals surface area contributed by atoms with E-state index in [4.69, 9.17) is 0 Å². The number of pyridine rings is 1. The van der Waals surface area contributed by atoms with Crippen molar-refractivity contribution in [1.29, 1.82) is 0 Å². The lowest BCUT2D eigenvalue weighted by Gasteiger charge is -2.36. The van der Waals surface area contributed by atoms with E-state index in [1.165, 1.54) is 17.0 Å². The number of hydrogen-bond donors (Lipinski definition) is 1. The normalized spacial score (nSPS) is 21.1. The first-order valence-electron chi connectivity index (χ1n) is 11.7. The molecule has 1 aromatic heterocycles. The van der Waals surface area contributed by atoms with Crippen LogP contribution in [-0.2, 0) is 32.5 Å². The molecule has 3 aliphatic heterocycles. The zero-order chi connectivity index (χ0) is 25.6. The van der Waals surface area contributed by atoms with Gasteiger partial charge in [-0.2, -0.15) is 0 Å². The minimum atomic E-state index is -3.39. The fraction of sp³-hybridized carbons (Fsp3) is 0.417. The highest BCUT2D eigenvalue weighted by Gasteiger charge is 2.40. The Morgan fingerprint density at radius 3 is 2.56 bits per heavy atom. The molecular formula is C24H26FN5O5S. The van der Waals surface area contributed by atoms with Crippen LogP contribution in [0.25, 0.3) is 0 Å². The average molecular weight is 516 g/mol. The molecule has 0 bridgehead atoms. The first kappa shape index (κ1) is 24.3. The Morgan fingerprint density at radius 1 is 1.11 bits per heavy atom. The van der Waals surface area contributed by atoms with Crippen LogP contribution in [0.15, 0.2) is 35.4 Å². The van der Waals surface area contributed by atoms with Gasteiger partial charge in [0.25, 0.3) is 5.91 Å². The number of nitrogens with one attached hydrogen (secondary N) is 1. The van der Waals surface area contributed by atoms with Gasteiger partial charge in [0.1, 0.15) is 11.9 Å². The minimum absolute atomic E-state index is 0.0414. The maximum Gasteiger partial charge on any atom is 0.255 e. The lowest BCUT2D eigenvalue weighted by molar-refractivity contribution is -0.136. The van der Waals surface area contributed by atoms with E-state index in [2.05, 4.69) is 15.2 Å². The van der Waals surface area contributed by atoms with E-state index in [0.717, 1.165) is 6.26 Å². The highest BCUT2D eigenvalue weighted by Crippen LogP contribution is 2.33. The number of carbonyl (C=O) groups excluding carboxylic acids is 3. The molecule has 1 atom stereocenters. The van der Waals surface area contributed by atoms with E-state index in [0.29, 0.717) is 49.7 Å². The van der Waals surface area contributed by atoms with E-state index in [1.807, 2.05) is 4.90 Å². The average Bonchev–Trinajstić information content (AvgIpc) is 3.14. The highest BCUT2D eigenvalue weighted by molar-refractivity contribution is 7.90. The van der Waals surface area contributed by atoms with Gasteiger partial charge in [0.2, 0.25) is 11.8 Å². The largest absolute Gasteiger partial charge is 0.367 e. The second-order valence-electron chi connectivity index (χ2n) is 9.36. The Morgan fingerprint density at radius 2 is 1.86 bits per heavy atom. The number of hydrogen-bond acceptors (Lipinski definition) is 8. The van der Waals surface area contributed by atoms with Crippen LogP contribution in [0.1, 0.15) is 34.5 Å². The number of anilines is 1. The number of imide groups is 1. The van der Waals surface area contributed by atoms with Crippen LogP contribution in [0.4, 0.5) is 10.1 Å². The first-order chi connectivity index (χ1) is 17.1. The number of fused-ring (bicyclic) bond motifs is 1. The summed E-state index contributed by atoms with van der Waals surface area (Å²) >= 11 is 0. The van der Waals surface area contributed by atoms with Gasteiger partial charge in [0.05, 0.1) is 11.4 Å². The highest BCUT2D eigenvalue weighted by atomic mass is 32.2. The van der Waals surface area contributed by atoms with Crippen molar-refractivity contribution in [1.82, 2.24) is 20.1 Å². The molecule has 36 heavy (non-hydrogen) atoms. The summed E-state index contributed by atoms with van der Waals surface area (Å²) in [5.74, 6) is -1.76. The van der Waals surface area contributed by atoms with Crippen LogP contribution in [0, 0.1) is 5.82 Å². The first-order valence-corrected chi connectivity index (χ1v) is 13.6. The topological polar surface area (TPSA) is 120 Å². The predicted molar refractivity (Wildman–Crippen MR) is 127 cm³/mol. The molecule has 10 nitrogen and oxygen atoms in total. The number of piperazine rings is 1. The fourth-order valence-corrected chi connectivity index (χ4v) is 5.56. The Labute approximate surface area is 208 Å². The van der Waals surface area contributed by atoms with E-state index < -0.39 is 33.5 Å². The summed E-state index contributed by atoms with van der Waals surface area (Å²) in [7, 11) is -3.39. The van der Waals surface area contributed by atoms with E-state index in [1.54, 1.807) is 18.2 Å². The van der Waals surface area contributed by atoms with Crippen LogP contribution < -0.4 is 10.2 Å². The molecule has 2 fully saturated rings. The van der Waals surface area contributed by atoms with Gasteiger partial charge in [-0.25, -0.2) is 17.8 Å². The minimum Gasteiger partial charge on any atom is -0.367 e. The fourth-order valence-electron chi connectivity index (χ4n) is 4.95. The summed E-state index contributed by atoms with van der Waals surface area (Å²) in [4.78, 5) is 46.3. The summed E-state index contributed by atoms with van der Waals surface area (Å²) in [6.45, 7) is 3.03. The number of aromatic nitrogens is 1. The maximum absolute atomic E-state index is 15.1. The molecule has 2 saturated heterocycles. The second-order valence-corrected chi connectivity index (χ2v) is 11.3. The molecule has 0 spiro atoms. The molecule has 1 unspecified atom stereocenters. The summed E-state index contributed by atoms with van der Waals surface area (Å²) in [6, 6.07) is 7.11. The van der Waals surface area contributed by atoms with Crippen molar-refractivity contribution in [2.45, 2.75) is 37.0 Å². The molecule has 0 aliphatic carbocycles. The van der Waals surface area contributed by atoms with E-state index >= 15 is 4.39 Å². The summed E-state index contributed by atoms with van der Waals surface area (Å²) in [5.41, 5.74) is 1.97. The molecule has 5 rings (SSSR count). The number of nitrogens with zero attached hydrogens (tertiary/aromatic N) is 4. The van der Waals surface area contributed by atoms with Gasteiger partial charge < -0.3 is 9.80 Å². The third kappa shape index (κ3) is 4.70. The van der Waals surface area contributed by atoms with Gasteiger partial charge in [0.15, 0.2) is 14.9 Å². The number of amides is 3. The lowest BCUT2D eigenvalue weighted by Crippen LogP contribution is -2.52. The number of benzene rings is 1. The van der Waals surface area contributed by atoms with Gasteiger partial charge in [-0.15, -0.1) is 0 Å². The Kier molecular flexibility index (Phi) is 6.25. The van der Waals surface area contributed by atoms with Crippen LogP contribution in [0.3, 0.4) is 0 Å². The van der Waals surface area contributed by atoms with Crippen LogP contribution in [0.5, 0.6) is 0 Å². The molecule has 0 radical (unpaired) electrons. The summed E-state index contributed by atoms with van der Waals surface area (Å²) < 4.78 is 38.6. The van der Waals surface area contributed by atoms with Crippen molar-refractivity contribution in [3.63, 3.8) is 0 Å². The molecule has 3 amide bonds. The molecule has 1 aromatic carbocycles. The van der Waals surface area contributed by atoms with E-state index in [9.17, 15) is 22.8 Å². The zero-order valence-corrected chi connectivity index (χ0v) is 20.6. The number of rotatable bonds is 5. The summed E-state index contributed by atoms with van der Waals surface area (Å²) in [5, 5.41) is 2.31. The van der Waals surface area contributed by atoms with Gasteiger partial charge >= 0.3 is 0 Å². The van der Waals surface area contributed by atoms with Crippen LogP contribution in [0.2, 0.25) is 0 Å². The lowest BCUT2D eigenvalue weighted by atomic mass is 10.0. The molecule has 12 heteroatoms. The molecule has 190 valence electrons. The number of halogens is 1. The van der Waals surface area contributed by atoms with Gasteiger partial charge in [0, 0.05) is 57.5 Å². The maximum atomic E-state index is 15.1. The van der Waals surface area contributed by atoms with Crippen LogP contribution in [-0.4, -0.2) is 79.4 Å². The molecule has 2 aromatic rings. The van der Waals surface area contributed by atoms with Gasteiger partial charge in [-0.05, 0) is 36.2 Å². The van der Waals surface area contributed by atoms with Crippen molar-refractivity contribution in [3.05, 3.63) is 53.0 Å². The van der Waals surface area contributed by atoms with Crippen molar-refractivity contribution >= 4 is 33.2 Å². The SMILES string of the molecule is CS(=O)(=O)c1cccc(CN2CCN(c3cc4c(cc3F)C(=O)N(C3CCC(=O)NC3=O)C4)CC2)n1. The predicted octanol–water partition coefficient (Wildman–Crippen LogP) is 0.707. The molecule has 3 aliphatic rings. The third-order valence-corrected chi connectivity index (χ3v) is 7.84. The number of carbonyl (C=O) groups is 3. The van der Waals surface area contributed by atoms with Crippen LogP contribution >= 0.6 is 0 Å². The quantitative estimate of drug-likeness (QED) is 0.578. The number of sulfone groups is 1. The molecular weight excluding hydrogens is 489 g/mol. The Balaban J connectivity index is 1.25. The molecule has 4 heterocycles. The number of piperidine rings is 1. The smallest absolute Gasteiger partial charge is 0.255 e. The standard InChI is InChI=1S/C24H26FN5O5S/c1-36(34,35)22-4-2-3-16(26-22)14-28-7-9-29(10-8-28)20-11-15-13-30(24(33)17(15)12-18(20)25)19-5-6-21(31)27-23(19)32/h2-4,11-12,19H,5-10,13-14H2,1H3,(H,27,31,32).